The summed E-state index contributed by atoms with van der Waals surface area (Å²) in [6.07, 6.45) is -0.182. The van der Waals surface area contributed by atoms with Gasteiger partial charge in [0.15, 0.2) is 0 Å². The van der Waals surface area contributed by atoms with E-state index in [-0.39, 0.29) is 26.1 Å². The zero-order valence-corrected chi connectivity index (χ0v) is 12.6. The Balaban J connectivity index is 1.94. The van der Waals surface area contributed by atoms with Gasteiger partial charge in [0.2, 0.25) is 0 Å². The van der Waals surface area contributed by atoms with E-state index in [9.17, 15) is 14.7 Å². The van der Waals surface area contributed by atoms with Crippen LogP contribution in [0, 0.1) is 0 Å². The van der Waals surface area contributed by atoms with E-state index in [1.54, 1.807) is 0 Å². The number of carbonyl (C=O) groups is 2. The molecule has 0 radical (unpaired) electrons. The molecule has 23 heavy (non-hydrogen) atoms. The van der Waals surface area contributed by atoms with Crippen molar-refractivity contribution >= 4 is 12.2 Å². The van der Waals surface area contributed by atoms with Gasteiger partial charge in [0.05, 0.1) is 12.6 Å². The van der Waals surface area contributed by atoms with Gasteiger partial charge in [-0.15, -0.1) is 6.58 Å². The minimum Gasteiger partial charge on any atom is -0.465 e. The molecule has 2 amide bonds. The number of β-amino-alcohol motifs (C(OH)–C–C–N with tert-alkyl or cyclic N) is 1. The Hall–Kier alpha value is -2.54. The van der Waals surface area contributed by atoms with E-state index in [1.165, 1.54) is 6.08 Å². The maximum atomic E-state index is 11.9. The maximum absolute atomic E-state index is 11.9. The van der Waals surface area contributed by atoms with Crippen LogP contribution in [-0.2, 0) is 11.3 Å². The molecule has 1 aliphatic heterocycles. The van der Waals surface area contributed by atoms with E-state index in [4.69, 9.17) is 9.84 Å². The fourth-order valence-corrected chi connectivity index (χ4v) is 2.59. The monoisotopic (exact) mass is 320 g/mol. The Labute approximate surface area is 134 Å². The summed E-state index contributed by atoms with van der Waals surface area (Å²) >= 11 is 0. The number of amides is 2. The van der Waals surface area contributed by atoms with Crippen LogP contribution in [0.1, 0.15) is 12.0 Å². The number of hydrogen-bond acceptors (Lipinski definition) is 4. The molecule has 0 bridgehead atoms. The zero-order valence-electron chi connectivity index (χ0n) is 12.6. The lowest BCUT2D eigenvalue weighted by atomic mass is 9.94. The Morgan fingerprint density at radius 3 is 2.74 bits per heavy atom. The van der Waals surface area contributed by atoms with Crippen LogP contribution >= 0.6 is 0 Å². The van der Waals surface area contributed by atoms with Gasteiger partial charge < -0.3 is 25.2 Å². The van der Waals surface area contributed by atoms with Crippen LogP contribution < -0.4 is 5.32 Å². The first kappa shape index (κ1) is 16.8. The third-order valence-corrected chi connectivity index (χ3v) is 3.79. The Kier molecular flexibility index (Phi) is 5.23. The summed E-state index contributed by atoms with van der Waals surface area (Å²) < 4.78 is 5.10. The smallest absolute Gasteiger partial charge is 0.407 e. The van der Waals surface area contributed by atoms with Crippen LogP contribution in [-0.4, -0.2) is 52.0 Å². The van der Waals surface area contributed by atoms with Gasteiger partial charge in [0.1, 0.15) is 12.2 Å². The van der Waals surface area contributed by atoms with Gasteiger partial charge in [-0.3, -0.25) is 0 Å². The van der Waals surface area contributed by atoms with Gasteiger partial charge in [0, 0.05) is 6.54 Å². The molecule has 2 unspecified atom stereocenters. The first-order valence-corrected chi connectivity index (χ1v) is 7.23. The average molecular weight is 320 g/mol. The molecule has 7 nitrogen and oxygen atoms in total. The maximum Gasteiger partial charge on any atom is 0.407 e. The number of carbonyl (C=O) groups excluding carboxylic acids is 1. The van der Waals surface area contributed by atoms with Gasteiger partial charge >= 0.3 is 12.2 Å². The molecule has 1 aromatic rings. The fraction of sp³-hybridized carbons (Fsp3) is 0.375. The quantitative estimate of drug-likeness (QED) is 0.715. The highest BCUT2D eigenvalue weighted by atomic mass is 16.5. The van der Waals surface area contributed by atoms with Crippen LogP contribution in [0.3, 0.4) is 0 Å². The van der Waals surface area contributed by atoms with Crippen LogP contribution in [0.2, 0.25) is 0 Å². The number of alkyl carbamates (subject to hydrolysis) is 1. The highest BCUT2D eigenvalue weighted by Crippen LogP contribution is 2.26. The van der Waals surface area contributed by atoms with E-state index in [2.05, 4.69) is 11.9 Å². The summed E-state index contributed by atoms with van der Waals surface area (Å²) in [6, 6.07) is 8.42. The molecular weight excluding hydrogens is 300 g/mol. The molecule has 0 aliphatic carbocycles. The van der Waals surface area contributed by atoms with Crippen molar-refractivity contribution < 1.29 is 24.5 Å². The SMILES string of the molecule is C=CCC1(O)CN(C(=O)O)CC1NC(=O)OCc1ccccc1. The molecular formula is C16H20N2O5. The predicted molar refractivity (Wildman–Crippen MR) is 82.9 cm³/mol. The third-order valence-electron chi connectivity index (χ3n) is 3.79. The van der Waals surface area contributed by atoms with E-state index < -0.39 is 23.8 Å². The van der Waals surface area contributed by atoms with Crippen molar-refractivity contribution in [3.8, 4) is 0 Å². The first-order valence-electron chi connectivity index (χ1n) is 7.23. The van der Waals surface area contributed by atoms with Crippen molar-refractivity contribution in [2.24, 2.45) is 0 Å². The van der Waals surface area contributed by atoms with Gasteiger partial charge in [-0.1, -0.05) is 36.4 Å². The molecule has 1 saturated heterocycles. The number of likely N-dealkylation sites (tertiary alicyclic amines) is 1. The van der Waals surface area contributed by atoms with Crippen molar-refractivity contribution in [1.82, 2.24) is 10.2 Å². The van der Waals surface area contributed by atoms with Crippen LogP contribution in [0.5, 0.6) is 0 Å². The van der Waals surface area contributed by atoms with Gasteiger partial charge in [-0.2, -0.15) is 0 Å². The topological polar surface area (TPSA) is 99.1 Å². The lowest BCUT2D eigenvalue weighted by molar-refractivity contribution is 0.0279. The van der Waals surface area contributed by atoms with Crippen LogP contribution in [0.15, 0.2) is 43.0 Å². The van der Waals surface area contributed by atoms with E-state index >= 15 is 0 Å². The van der Waals surface area contributed by atoms with Crippen molar-refractivity contribution in [3.05, 3.63) is 48.6 Å². The number of aliphatic hydroxyl groups is 1. The molecule has 3 N–H and O–H groups in total. The summed E-state index contributed by atoms with van der Waals surface area (Å²) in [5.74, 6) is 0. The Morgan fingerprint density at radius 2 is 2.13 bits per heavy atom. The molecule has 0 aromatic heterocycles. The molecule has 0 spiro atoms. The molecule has 0 saturated carbocycles. The first-order chi connectivity index (χ1) is 10.9. The van der Waals surface area contributed by atoms with E-state index in [0.717, 1.165) is 10.5 Å². The van der Waals surface area contributed by atoms with Crippen molar-refractivity contribution in [2.75, 3.05) is 13.1 Å². The molecule has 2 atom stereocenters. The normalized spacial score (nSPS) is 23.3. The highest BCUT2D eigenvalue weighted by Gasteiger charge is 2.47. The molecule has 1 aromatic carbocycles. The van der Waals surface area contributed by atoms with Crippen molar-refractivity contribution in [1.29, 1.82) is 0 Å². The summed E-state index contributed by atoms with van der Waals surface area (Å²) in [5.41, 5.74) is -0.547. The summed E-state index contributed by atoms with van der Waals surface area (Å²) in [5, 5.41) is 22.2. The van der Waals surface area contributed by atoms with E-state index in [0.29, 0.717) is 0 Å². The summed E-state index contributed by atoms with van der Waals surface area (Å²) in [6.45, 7) is 3.57. The molecule has 7 heteroatoms. The van der Waals surface area contributed by atoms with Gasteiger partial charge in [0.25, 0.3) is 0 Å². The zero-order chi connectivity index (χ0) is 16.9. The van der Waals surface area contributed by atoms with Crippen LogP contribution in [0.4, 0.5) is 9.59 Å². The Bertz CT molecular complexity index is 577. The van der Waals surface area contributed by atoms with Crippen molar-refractivity contribution in [3.63, 3.8) is 0 Å². The van der Waals surface area contributed by atoms with Gasteiger partial charge in [-0.25, -0.2) is 9.59 Å². The lowest BCUT2D eigenvalue weighted by Gasteiger charge is -2.27. The van der Waals surface area contributed by atoms with Gasteiger partial charge in [-0.05, 0) is 12.0 Å². The second kappa shape index (κ2) is 7.15. The second-order valence-corrected chi connectivity index (χ2v) is 5.52. The largest absolute Gasteiger partial charge is 0.465 e. The standard InChI is InChI=1S/C16H20N2O5/c1-2-8-16(22)11-18(15(20)21)9-13(16)17-14(19)23-10-12-6-4-3-5-7-12/h2-7,13,22H,1,8-11H2,(H,17,19)(H,20,21). The molecule has 1 heterocycles. The lowest BCUT2D eigenvalue weighted by Crippen LogP contribution is -2.51. The number of ether oxygens (including phenoxy) is 1. The summed E-state index contributed by atoms with van der Waals surface area (Å²) in [4.78, 5) is 24.0. The summed E-state index contributed by atoms with van der Waals surface area (Å²) in [7, 11) is 0. The Morgan fingerprint density at radius 1 is 1.43 bits per heavy atom. The van der Waals surface area contributed by atoms with Crippen molar-refractivity contribution in [2.45, 2.75) is 24.7 Å². The van der Waals surface area contributed by atoms with E-state index in [1.807, 2.05) is 30.3 Å². The number of nitrogens with zero attached hydrogens (tertiary/aromatic N) is 1. The molecule has 1 aliphatic rings. The third kappa shape index (κ3) is 4.23. The van der Waals surface area contributed by atoms with Crippen LogP contribution in [0.25, 0.3) is 0 Å². The highest BCUT2D eigenvalue weighted by molar-refractivity contribution is 5.69. The number of nitrogens with one attached hydrogen (secondary N) is 1. The second-order valence-electron chi connectivity index (χ2n) is 5.52. The molecule has 1 fully saturated rings. The minimum atomic E-state index is -1.38. The number of carboxylic acid groups (broad SMARTS) is 1. The average Bonchev–Trinajstić information content (AvgIpc) is 2.84. The number of hydrogen-bond donors (Lipinski definition) is 3. The minimum absolute atomic E-state index is 0.000109. The number of benzene rings is 1. The molecule has 124 valence electrons. The predicted octanol–water partition coefficient (Wildman–Crippen LogP) is 1.58. The fourth-order valence-electron chi connectivity index (χ4n) is 2.59. The number of rotatable bonds is 5. The molecule has 2 rings (SSSR count).